The second-order valence-electron chi connectivity index (χ2n) is 5.79. The summed E-state index contributed by atoms with van der Waals surface area (Å²) >= 11 is 6.02. The van der Waals surface area contributed by atoms with Gasteiger partial charge in [0.2, 0.25) is 0 Å². The maximum Gasteiger partial charge on any atom is 0.182 e. The summed E-state index contributed by atoms with van der Waals surface area (Å²) in [6, 6.07) is 11.8. The van der Waals surface area contributed by atoms with Gasteiger partial charge >= 0.3 is 0 Å². The number of hydrogen-bond donors (Lipinski definition) is 0. The molecule has 0 bridgehead atoms. The predicted molar refractivity (Wildman–Crippen MR) is 93.4 cm³/mol. The van der Waals surface area contributed by atoms with E-state index < -0.39 is 21.5 Å². The second kappa shape index (κ2) is 7.23. The van der Waals surface area contributed by atoms with Crippen LogP contribution < -0.4 is 4.74 Å². The smallest absolute Gasteiger partial charge is 0.182 e. The zero-order valence-corrected chi connectivity index (χ0v) is 14.6. The van der Waals surface area contributed by atoms with E-state index in [1.165, 1.54) is 18.3 Å². The fraction of sp³-hybridized carbons (Fsp3) is 0.235. The standard InChI is InChI=1S/C17H17ClFNO2S/c1-17(2,3)23(21)20-11-12-9-10-14(18)16(15(12)19)22-13-7-5-4-6-8-13/h4-11H,1-3H3. The molecule has 23 heavy (non-hydrogen) atoms. The van der Waals surface area contributed by atoms with Crippen LogP contribution in [-0.2, 0) is 11.0 Å². The Balaban J connectivity index is 2.32. The molecule has 0 saturated carbocycles. The number of rotatable bonds is 4. The summed E-state index contributed by atoms with van der Waals surface area (Å²) in [4.78, 5) is 0. The van der Waals surface area contributed by atoms with Crippen LogP contribution in [0.25, 0.3) is 0 Å². The Bertz CT molecular complexity index is 742. The molecule has 0 heterocycles. The van der Waals surface area contributed by atoms with E-state index in [-0.39, 0.29) is 16.3 Å². The molecule has 2 aromatic rings. The Hall–Kier alpha value is -1.72. The molecule has 0 aliphatic rings. The van der Waals surface area contributed by atoms with Gasteiger partial charge in [-0.2, -0.15) is 4.40 Å². The van der Waals surface area contributed by atoms with Gasteiger partial charge < -0.3 is 4.74 Å². The van der Waals surface area contributed by atoms with Crippen molar-refractivity contribution in [3.05, 3.63) is 58.9 Å². The lowest BCUT2D eigenvalue weighted by molar-refractivity contribution is 0.442. The summed E-state index contributed by atoms with van der Waals surface area (Å²) in [6.45, 7) is 5.38. The molecule has 0 radical (unpaired) electrons. The minimum atomic E-state index is -1.47. The highest BCUT2D eigenvalue weighted by atomic mass is 35.5. The van der Waals surface area contributed by atoms with Gasteiger partial charge in [-0.1, -0.05) is 29.8 Å². The van der Waals surface area contributed by atoms with E-state index >= 15 is 0 Å². The van der Waals surface area contributed by atoms with Gasteiger partial charge in [-0.3, -0.25) is 0 Å². The fourth-order valence-electron chi connectivity index (χ4n) is 1.61. The van der Waals surface area contributed by atoms with Gasteiger partial charge in [0, 0.05) is 11.8 Å². The maximum atomic E-state index is 14.6. The van der Waals surface area contributed by atoms with Crippen LogP contribution >= 0.6 is 11.6 Å². The van der Waals surface area contributed by atoms with E-state index in [1.54, 1.807) is 45.0 Å². The van der Waals surface area contributed by atoms with Crippen molar-refractivity contribution >= 4 is 28.8 Å². The monoisotopic (exact) mass is 353 g/mol. The third-order valence-corrected chi connectivity index (χ3v) is 4.50. The van der Waals surface area contributed by atoms with E-state index in [0.29, 0.717) is 5.75 Å². The molecule has 0 aliphatic carbocycles. The molecule has 0 fully saturated rings. The number of benzene rings is 2. The quantitative estimate of drug-likeness (QED) is 0.713. The summed E-state index contributed by atoms with van der Waals surface area (Å²) in [7, 11) is -1.47. The summed E-state index contributed by atoms with van der Waals surface area (Å²) in [5, 5.41) is 0.153. The molecule has 0 N–H and O–H groups in total. The van der Waals surface area contributed by atoms with Gasteiger partial charge in [0.15, 0.2) is 11.6 Å². The van der Waals surface area contributed by atoms with E-state index in [1.807, 2.05) is 6.07 Å². The Kier molecular flexibility index (Phi) is 5.55. The Morgan fingerprint density at radius 2 is 1.83 bits per heavy atom. The molecule has 1 atom stereocenters. The number of nitrogens with zero attached hydrogens (tertiary/aromatic N) is 1. The van der Waals surface area contributed by atoms with Crippen molar-refractivity contribution in [2.45, 2.75) is 25.5 Å². The van der Waals surface area contributed by atoms with Crippen molar-refractivity contribution in [3.8, 4) is 11.5 Å². The first-order valence-electron chi connectivity index (χ1n) is 6.96. The zero-order chi connectivity index (χ0) is 17.0. The van der Waals surface area contributed by atoms with Crippen LogP contribution in [0, 0.1) is 5.82 Å². The summed E-state index contributed by atoms with van der Waals surface area (Å²) < 4.78 is 35.4. The van der Waals surface area contributed by atoms with Gasteiger partial charge in [-0.15, -0.1) is 0 Å². The third kappa shape index (κ3) is 4.62. The molecule has 2 rings (SSSR count). The number of para-hydroxylation sites is 1. The molecule has 122 valence electrons. The largest absolute Gasteiger partial charge is 0.453 e. The minimum Gasteiger partial charge on any atom is -0.453 e. The van der Waals surface area contributed by atoms with Gasteiger partial charge in [-0.05, 0) is 45.0 Å². The first-order chi connectivity index (χ1) is 10.8. The number of hydrogen-bond acceptors (Lipinski definition) is 2. The van der Waals surface area contributed by atoms with Crippen molar-refractivity contribution in [1.29, 1.82) is 0 Å². The van der Waals surface area contributed by atoms with E-state index in [2.05, 4.69) is 4.40 Å². The van der Waals surface area contributed by atoms with E-state index in [4.69, 9.17) is 16.3 Å². The van der Waals surface area contributed by atoms with Crippen LogP contribution in [0.5, 0.6) is 11.5 Å². The summed E-state index contributed by atoms with van der Waals surface area (Å²) in [6.07, 6.45) is 1.24. The minimum absolute atomic E-state index is 0.0802. The molecule has 3 nitrogen and oxygen atoms in total. The fourth-order valence-corrected chi connectivity index (χ4v) is 2.32. The van der Waals surface area contributed by atoms with E-state index in [9.17, 15) is 8.60 Å². The van der Waals surface area contributed by atoms with E-state index in [0.717, 1.165) is 0 Å². The lowest BCUT2D eigenvalue weighted by Gasteiger charge is -2.13. The SMILES string of the molecule is CC(C)(C)S(=O)N=Cc1ccc(Cl)c(Oc2ccccc2)c1F. The molecular weight excluding hydrogens is 337 g/mol. The predicted octanol–water partition coefficient (Wildman–Crippen LogP) is 5.15. The molecule has 0 aliphatic heterocycles. The van der Waals surface area contributed by atoms with Crippen molar-refractivity contribution in [3.63, 3.8) is 0 Å². The van der Waals surface area contributed by atoms with Crippen LogP contribution in [0.4, 0.5) is 4.39 Å². The topological polar surface area (TPSA) is 38.7 Å². The lowest BCUT2D eigenvalue weighted by atomic mass is 10.2. The Morgan fingerprint density at radius 1 is 1.17 bits per heavy atom. The molecule has 0 spiro atoms. The molecule has 0 aromatic heterocycles. The molecule has 2 aromatic carbocycles. The Morgan fingerprint density at radius 3 is 2.43 bits per heavy atom. The van der Waals surface area contributed by atoms with Crippen molar-refractivity contribution in [2.24, 2.45) is 4.40 Å². The number of ether oxygens (including phenoxy) is 1. The van der Waals surface area contributed by atoms with Gasteiger partial charge in [0.1, 0.15) is 16.7 Å². The van der Waals surface area contributed by atoms with Crippen LogP contribution in [0.3, 0.4) is 0 Å². The van der Waals surface area contributed by atoms with Crippen LogP contribution in [-0.4, -0.2) is 15.2 Å². The molecule has 0 saturated heterocycles. The highest BCUT2D eigenvalue weighted by molar-refractivity contribution is 7.85. The highest BCUT2D eigenvalue weighted by Crippen LogP contribution is 2.33. The third-order valence-electron chi connectivity index (χ3n) is 2.85. The average Bonchev–Trinajstić information content (AvgIpc) is 2.50. The first-order valence-corrected chi connectivity index (χ1v) is 8.44. The van der Waals surface area contributed by atoms with Crippen LogP contribution in [0.15, 0.2) is 46.9 Å². The molecular formula is C17H17ClFNO2S. The normalized spacial score (nSPS) is 13.3. The van der Waals surface area contributed by atoms with Gasteiger partial charge in [-0.25, -0.2) is 8.60 Å². The molecule has 1 unspecified atom stereocenters. The lowest BCUT2D eigenvalue weighted by Crippen LogP contribution is -2.19. The highest BCUT2D eigenvalue weighted by Gasteiger charge is 2.19. The van der Waals surface area contributed by atoms with Crippen LogP contribution in [0.1, 0.15) is 26.3 Å². The first kappa shape index (κ1) is 17.6. The number of halogens is 2. The van der Waals surface area contributed by atoms with Crippen LogP contribution in [0.2, 0.25) is 5.02 Å². The zero-order valence-electron chi connectivity index (χ0n) is 13.0. The molecule has 0 amide bonds. The van der Waals surface area contributed by atoms with Crippen molar-refractivity contribution in [1.82, 2.24) is 0 Å². The maximum absolute atomic E-state index is 14.6. The van der Waals surface area contributed by atoms with Crippen molar-refractivity contribution < 1.29 is 13.3 Å². The van der Waals surface area contributed by atoms with Gasteiger partial charge in [0.05, 0.1) is 9.77 Å². The van der Waals surface area contributed by atoms with Gasteiger partial charge in [0.25, 0.3) is 0 Å². The average molecular weight is 354 g/mol. The second-order valence-corrected chi connectivity index (χ2v) is 8.13. The Labute approximate surface area is 142 Å². The molecule has 6 heteroatoms. The summed E-state index contributed by atoms with van der Waals surface area (Å²) in [5.74, 6) is -0.250. The summed E-state index contributed by atoms with van der Waals surface area (Å²) in [5.41, 5.74) is 0.165. The van der Waals surface area contributed by atoms with Crippen molar-refractivity contribution in [2.75, 3.05) is 0 Å².